The summed E-state index contributed by atoms with van der Waals surface area (Å²) in [5.74, 6) is 0. The second-order valence-electron chi connectivity index (χ2n) is 3.69. The van der Waals surface area contributed by atoms with Crippen molar-refractivity contribution in [3.63, 3.8) is 0 Å². The Balaban J connectivity index is 1.79. The minimum absolute atomic E-state index is 0.873. The molecule has 16 heavy (non-hydrogen) atoms. The van der Waals surface area contributed by atoms with Gasteiger partial charge in [-0.3, -0.25) is 0 Å². The van der Waals surface area contributed by atoms with Crippen LogP contribution in [0.1, 0.15) is 26.6 Å². The fourth-order valence-corrected chi connectivity index (χ4v) is 3.17. The first-order chi connectivity index (χ1) is 7.78. The van der Waals surface area contributed by atoms with Crippen LogP contribution in [0.15, 0.2) is 18.3 Å². The Labute approximate surface area is 104 Å². The van der Waals surface area contributed by atoms with Crippen molar-refractivity contribution in [1.82, 2.24) is 10.3 Å². The normalized spacial score (nSPS) is 10.9. The van der Waals surface area contributed by atoms with E-state index in [0.717, 1.165) is 19.5 Å². The van der Waals surface area contributed by atoms with Crippen LogP contribution in [0.25, 0.3) is 0 Å². The van der Waals surface area contributed by atoms with Gasteiger partial charge in [-0.05, 0) is 25.5 Å². The molecule has 86 valence electrons. The summed E-state index contributed by atoms with van der Waals surface area (Å²) in [6.45, 7) is 6.11. The lowest BCUT2D eigenvalue weighted by Crippen LogP contribution is -2.11. The van der Waals surface area contributed by atoms with Crippen molar-refractivity contribution in [3.05, 3.63) is 38.0 Å². The van der Waals surface area contributed by atoms with Crippen molar-refractivity contribution >= 4 is 22.7 Å². The van der Waals surface area contributed by atoms with E-state index >= 15 is 0 Å². The Hall–Kier alpha value is -0.710. The molecule has 0 fully saturated rings. The molecule has 0 amide bonds. The maximum Gasteiger partial charge on any atom is 0.107 e. The molecule has 2 aromatic heterocycles. The Bertz CT molecular complexity index is 445. The van der Waals surface area contributed by atoms with Crippen LogP contribution in [0, 0.1) is 6.92 Å². The number of thiophene rings is 1. The van der Waals surface area contributed by atoms with E-state index in [-0.39, 0.29) is 0 Å². The summed E-state index contributed by atoms with van der Waals surface area (Å²) in [4.78, 5) is 8.47. The number of aromatic nitrogens is 1. The zero-order valence-electron chi connectivity index (χ0n) is 9.62. The molecule has 0 saturated heterocycles. The predicted molar refractivity (Wildman–Crippen MR) is 71.1 cm³/mol. The molecule has 0 bridgehead atoms. The number of nitrogens with one attached hydrogen (secondary N) is 1. The van der Waals surface area contributed by atoms with Crippen molar-refractivity contribution in [2.75, 3.05) is 0 Å². The molecule has 0 atom stereocenters. The SMILES string of the molecule is CCc1ccc(CNCc2ncc(C)s2)s1. The molecule has 0 aliphatic rings. The average Bonchev–Trinajstić information content (AvgIpc) is 2.88. The molecule has 0 aromatic carbocycles. The number of hydrogen-bond acceptors (Lipinski definition) is 4. The number of nitrogens with zero attached hydrogens (tertiary/aromatic N) is 1. The van der Waals surface area contributed by atoms with Crippen LogP contribution in [-0.2, 0) is 19.5 Å². The minimum Gasteiger partial charge on any atom is -0.306 e. The fourth-order valence-electron chi connectivity index (χ4n) is 1.48. The van der Waals surface area contributed by atoms with E-state index in [1.165, 1.54) is 19.6 Å². The van der Waals surface area contributed by atoms with Gasteiger partial charge in [-0.2, -0.15) is 0 Å². The Morgan fingerprint density at radius 3 is 2.62 bits per heavy atom. The van der Waals surface area contributed by atoms with E-state index < -0.39 is 0 Å². The second-order valence-corrected chi connectivity index (χ2v) is 6.26. The van der Waals surface area contributed by atoms with E-state index in [0.29, 0.717) is 0 Å². The molecule has 0 saturated carbocycles. The molecule has 2 rings (SSSR count). The van der Waals surface area contributed by atoms with E-state index in [9.17, 15) is 0 Å². The largest absolute Gasteiger partial charge is 0.306 e. The monoisotopic (exact) mass is 252 g/mol. The van der Waals surface area contributed by atoms with Gasteiger partial charge >= 0.3 is 0 Å². The first kappa shape index (κ1) is 11.8. The summed E-state index contributed by atoms with van der Waals surface area (Å²) in [6, 6.07) is 4.43. The van der Waals surface area contributed by atoms with Crippen molar-refractivity contribution < 1.29 is 0 Å². The lowest BCUT2D eigenvalue weighted by molar-refractivity contribution is 0.697. The van der Waals surface area contributed by atoms with E-state index in [1.807, 2.05) is 17.5 Å². The van der Waals surface area contributed by atoms with Gasteiger partial charge in [0.15, 0.2) is 0 Å². The van der Waals surface area contributed by atoms with Crippen molar-refractivity contribution in [3.8, 4) is 0 Å². The minimum atomic E-state index is 0.873. The molecule has 0 unspecified atom stereocenters. The summed E-state index contributed by atoms with van der Waals surface area (Å²) in [5, 5.41) is 4.60. The number of aryl methyl sites for hydroxylation is 2. The molecule has 2 nitrogen and oxygen atoms in total. The Morgan fingerprint density at radius 2 is 2.00 bits per heavy atom. The number of thiazole rings is 1. The second kappa shape index (κ2) is 5.57. The lowest BCUT2D eigenvalue weighted by Gasteiger charge is -1.99. The highest BCUT2D eigenvalue weighted by molar-refractivity contribution is 7.12. The summed E-state index contributed by atoms with van der Waals surface area (Å²) in [6.07, 6.45) is 3.07. The van der Waals surface area contributed by atoms with Gasteiger partial charge in [0.25, 0.3) is 0 Å². The van der Waals surface area contributed by atoms with Gasteiger partial charge < -0.3 is 5.32 Å². The van der Waals surface area contributed by atoms with Gasteiger partial charge in [0.2, 0.25) is 0 Å². The maximum atomic E-state index is 4.33. The van der Waals surface area contributed by atoms with Crippen LogP contribution in [0.2, 0.25) is 0 Å². The van der Waals surface area contributed by atoms with Crippen LogP contribution >= 0.6 is 22.7 Å². The Kier molecular flexibility index (Phi) is 4.09. The summed E-state index contributed by atoms with van der Waals surface area (Å²) < 4.78 is 0. The Morgan fingerprint density at radius 1 is 1.19 bits per heavy atom. The molecular formula is C12H16N2S2. The molecule has 0 radical (unpaired) electrons. The summed E-state index contributed by atoms with van der Waals surface area (Å²) in [7, 11) is 0. The highest BCUT2D eigenvalue weighted by atomic mass is 32.1. The van der Waals surface area contributed by atoms with Crippen molar-refractivity contribution in [2.24, 2.45) is 0 Å². The van der Waals surface area contributed by atoms with Crippen LogP contribution < -0.4 is 5.32 Å². The van der Waals surface area contributed by atoms with Crippen LogP contribution in [-0.4, -0.2) is 4.98 Å². The first-order valence-corrected chi connectivity index (χ1v) is 7.11. The predicted octanol–water partition coefficient (Wildman–Crippen LogP) is 3.37. The van der Waals surface area contributed by atoms with Gasteiger partial charge in [-0.15, -0.1) is 22.7 Å². The summed E-state index contributed by atoms with van der Waals surface area (Å²) >= 11 is 3.66. The first-order valence-electron chi connectivity index (χ1n) is 5.47. The molecule has 1 N–H and O–H groups in total. The molecule has 0 aliphatic carbocycles. The molecule has 4 heteroatoms. The zero-order valence-corrected chi connectivity index (χ0v) is 11.3. The van der Waals surface area contributed by atoms with E-state index in [2.05, 4.69) is 36.3 Å². The van der Waals surface area contributed by atoms with E-state index in [1.54, 1.807) is 11.3 Å². The lowest BCUT2D eigenvalue weighted by atomic mass is 10.3. The highest BCUT2D eigenvalue weighted by Crippen LogP contribution is 2.17. The smallest absolute Gasteiger partial charge is 0.107 e. The van der Waals surface area contributed by atoms with Gasteiger partial charge in [0, 0.05) is 33.9 Å². The highest BCUT2D eigenvalue weighted by Gasteiger charge is 2.00. The van der Waals surface area contributed by atoms with Gasteiger partial charge in [-0.25, -0.2) is 4.98 Å². The van der Waals surface area contributed by atoms with Crippen LogP contribution in [0.4, 0.5) is 0 Å². The van der Waals surface area contributed by atoms with Crippen LogP contribution in [0.5, 0.6) is 0 Å². The van der Waals surface area contributed by atoms with Gasteiger partial charge in [0.1, 0.15) is 5.01 Å². The van der Waals surface area contributed by atoms with Gasteiger partial charge in [-0.1, -0.05) is 6.92 Å². The van der Waals surface area contributed by atoms with Crippen molar-refractivity contribution in [1.29, 1.82) is 0 Å². The third kappa shape index (κ3) is 3.14. The van der Waals surface area contributed by atoms with E-state index in [4.69, 9.17) is 0 Å². The molecule has 2 heterocycles. The molecule has 0 aliphatic heterocycles. The van der Waals surface area contributed by atoms with Crippen LogP contribution in [0.3, 0.4) is 0 Å². The molecule has 2 aromatic rings. The third-order valence-corrected chi connectivity index (χ3v) is 4.45. The standard InChI is InChI=1S/C12H16N2S2/c1-3-10-4-5-11(16-10)7-13-8-12-14-6-9(2)15-12/h4-6,13H,3,7-8H2,1-2H3. The maximum absolute atomic E-state index is 4.33. The topological polar surface area (TPSA) is 24.9 Å². The molecule has 0 spiro atoms. The average molecular weight is 252 g/mol. The number of rotatable bonds is 5. The number of hydrogen-bond donors (Lipinski definition) is 1. The third-order valence-electron chi connectivity index (χ3n) is 2.31. The van der Waals surface area contributed by atoms with Crippen molar-refractivity contribution in [2.45, 2.75) is 33.4 Å². The summed E-state index contributed by atoms with van der Waals surface area (Å²) in [5.41, 5.74) is 0. The molecular weight excluding hydrogens is 236 g/mol. The fraction of sp³-hybridized carbons (Fsp3) is 0.417. The quantitative estimate of drug-likeness (QED) is 0.882. The zero-order chi connectivity index (χ0) is 11.4. The van der Waals surface area contributed by atoms with Gasteiger partial charge in [0.05, 0.1) is 0 Å².